The highest BCUT2D eigenvalue weighted by molar-refractivity contribution is 7.99. The fourth-order valence-corrected chi connectivity index (χ4v) is 4.27. The Hall–Kier alpha value is -3.54. The van der Waals surface area contributed by atoms with E-state index in [1.54, 1.807) is 7.05 Å². The molecule has 0 fully saturated rings. The first-order valence-corrected chi connectivity index (χ1v) is 12.9. The van der Waals surface area contributed by atoms with Crippen LogP contribution in [0.3, 0.4) is 0 Å². The molecule has 194 valence electrons. The van der Waals surface area contributed by atoms with Gasteiger partial charge in [-0.15, -0.1) is 0 Å². The Kier molecular flexibility index (Phi) is 9.34. The molecule has 0 unspecified atom stereocenters. The minimum Gasteiger partial charge on any atom is -0.448 e. The van der Waals surface area contributed by atoms with E-state index in [1.165, 1.54) is 33.2 Å². The van der Waals surface area contributed by atoms with Crippen LogP contribution in [-0.4, -0.2) is 80.6 Å². The van der Waals surface area contributed by atoms with Gasteiger partial charge in [0.1, 0.15) is 12.1 Å². The largest absolute Gasteiger partial charge is 0.448 e. The van der Waals surface area contributed by atoms with Crippen molar-refractivity contribution in [1.82, 2.24) is 28.9 Å². The minimum absolute atomic E-state index is 0.0175. The molecule has 0 aliphatic rings. The van der Waals surface area contributed by atoms with Crippen LogP contribution in [0.15, 0.2) is 40.3 Å². The number of imidazole rings is 1. The van der Waals surface area contributed by atoms with Crippen LogP contribution >= 0.6 is 11.8 Å². The van der Waals surface area contributed by atoms with Gasteiger partial charge in [-0.2, -0.15) is 0 Å². The summed E-state index contributed by atoms with van der Waals surface area (Å²) in [6.07, 6.45) is 1.26. The molecule has 2 aromatic heterocycles. The molecule has 0 bridgehead atoms. The maximum Gasteiger partial charge on any atom is 0.409 e. The van der Waals surface area contributed by atoms with Gasteiger partial charge in [0.15, 0.2) is 16.6 Å². The number of aromatic nitrogens is 4. The molecule has 0 atom stereocenters. The standard InChI is InChI=1S/C24H33N7O4S/c1-5-12-29(4)24(34)35-14-13-28(3)22(32)31-18-19(25)26-21(36-15-6-2)27-20(18)30(23(31)33)16-17-10-8-7-9-11-17/h7-11H,5-6,12-16H2,1-4H3,(H2,25,26,27). The summed E-state index contributed by atoms with van der Waals surface area (Å²) in [4.78, 5) is 50.6. The number of fused-ring (bicyclic) bond motifs is 1. The highest BCUT2D eigenvalue weighted by Crippen LogP contribution is 2.23. The van der Waals surface area contributed by atoms with Gasteiger partial charge in [0.25, 0.3) is 0 Å². The van der Waals surface area contributed by atoms with Gasteiger partial charge >= 0.3 is 17.8 Å². The molecule has 0 saturated carbocycles. The van der Waals surface area contributed by atoms with Crippen LogP contribution in [0.1, 0.15) is 32.3 Å². The van der Waals surface area contributed by atoms with Crippen molar-refractivity contribution in [3.63, 3.8) is 0 Å². The third kappa shape index (κ3) is 6.17. The normalized spacial score (nSPS) is 11.0. The van der Waals surface area contributed by atoms with Gasteiger partial charge in [-0.05, 0) is 18.4 Å². The first kappa shape index (κ1) is 27.1. The van der Waals surface area contributed by atoms with Crippen LogP contribution in [0.25, 0.3) is 11.2 Å². The van der Waals surface area contributed by atoms with Crippen LogP contribution < -0.4 is 11.4 Å². The average Bonchev–Trinajstić information content (AvgIpc) is 3.14. The van der Waals surface area contributed by atoms with Crippen LogP contribution in [0, 0.1) is 0 Å². The number of nitrogen functional groups attached to an aromatic ring is 1. The van der Waals surface area contributed by atoms with Crippen LogP contribution in [0.5, 0.6) is 0 Å². The van der Waals surface area contributed by atoms with Crippen molar-refractivity contribution >= 4 is 40.9 Å². The number of likely N-dealkylation sites (N-methyl/N-ethyl adjacent to an activating group) is 1. The topological polar surface area (TPSA) is 129 Å². The highest BCUT2D eigenvalue weighted by Gasteiger charge is 2.26. The number of thioether (sulfide) groups is 1. The lowest BCUT2D eigenvalue weighted by atomic mass is 10.2. The van der Waals surface area contributed by atoms with Crippen molar-refractivity contribution in [3.8, 4) is 0 Å². The fraction of sp³-hybridized carbons (Fsp3) is 0.458. The first-order valence-electron chi connectivity index (χ1n) is 11.9. The third-order valence-corrected chi connectivity index (χ3v) is 6.49. The number of carbonyl (C=O) groups excluding carboxylic acids is 2. The quantitative estimate of drug-likeness (QED) is 0.322. The molecule has 0 saturated heterocycles. The summed E-state index contributed by atoms with van der Waals surface area (Å²) in [6.45, 7) is 4.87. The van der Waals surface area contributed by atoms with E-state index in [4.69, 9.17) is 10.5 Å². The number of anilines is 1. The summed E-state index contributed by atoms with van der Waals surface area (Å²) >= 11 is 1.44. The fourth-order valence-electron chi connectivity index (χ4n) is 3.57. The smallest absolute Gasteiger partial charge is 0.409 e. The van der Waals surface area contributed by atoms with Gasteiger partial charge in [0.05, 0.1) is 13.1 Å². The summed E-state index contributed by atoms with van der Waals surface area (Å²) in [6, 6.07) is 8.82. The van der Waals surface area contributed by atoms with Gasteiger partial charge in [-0.25, -0.2) is 28.9 Å². The predicted molar refractivity (Wildman–Crippen MR) is 140 cm³/mol. The first-order chi connectivity index (χ1) is 17.3. The lowest BCUT2D eigenvalue weighted by molar-refractivity contribution is 0.103. The second kappa shape index (κ2) is 12.4. The SMILES string of the molecule is CCCSc1nc(N)c2c(n1)n(Cc1ccccc1)c(=O)n2C(=O)N(C)CCOC(=O)N(C)CCC. The third-order valence-electron chi connectivity index (χ3n) is 5.43. The molecular weight excluding hydrogens is 482 g/mol. The summed E-state index contributed by atoms with van der Waals surface area (Å²) in [7, 11) is 3.18. The molecule has 2 heterocycles. The Labute approximate surface area is 214 Å². The van der Waals surface area contributed by atoms with E-state index in [0.29, 0.717) is 17.3 Å². The van der Waals surface area contributed by atoms with E-state index in [0.717, 1.165) is 28.7 Å². The molecule has 0 spiro atoms. The lowest BCUT2D eigenvalue weighted by Gasteiger charge is -2.19. The summed E-state index contributed by atoms with van der Waals surface area (Å²) in [5.74, 6) is 0.847. The Morgan fingerprint density at radius 2 is 1.78 bits per heavy atom. The van der Waals surface area contributed by atoms with Crippen LogP contribution in [0.2, 0.25) is 0 Å². The Balaban J connectivity index is 1.93. The molecular formula is C24H33N7O4S. The number of benzene rings is 1. The summed E-state index contributed by atoms with van der Waals surface area (Å²) in [5.41, 5.74) is 7.03. The Morgan fingerprint density at radius 3 is 2.44 bits per heavy atom. The number of hydrogen-bond acceptors (Lipinski definition) is 8. The lowest BCUT2D eigenvalue weighted by Crippen LogP contribution is -2.40. The Morgan fingerprint density at radius 1 is 1.06 bits per heavy atom. The second-order valence-corrected chi connectivity index (χ2v) is 9.40. The molecule has 1 aromatic carbocycles. The van der Waals surface area contributed by atoms with E-state index < -0.39 is 17.8 Å². The molecule has 0 radical (unpaired) electrons. The molecule has 36 heavy (non-hydrogen) atoms. The summed E-state index contributed by atoms with van der Waals surface area (Å²) < 4.78 is 7.67. The molecule has 2 amide bonds. The molecule has 0 aliphatic carbocycles. The van der Waals surface area contributed by atoms with E-state index >= 15 is 0 Å². The zero-order valence-corrected chi connectivity index (χ0v) is 22.0. The number of amides is 2. The number of hydrogen-bond donors (Lipinski definition) is 1. The van der Waals surface area contributed by atoms with Gasteiger partial charge in [0.2, 0.25) is 0 Å². The zero-order chi connectivity index (χ0) is 26.2. The molecule has 3 aromatic rings. The van der Waals surface area contributed by atoms with Gasteiger partial charge in [-0.3, -0.25) is 4.57 Å². The number of rotatable bonds is 10. The van der Waals surface area contributed by atoms with Gasteiger partial charge in [0, 0.05) is 26.4 Å². The molecule has 12 heteroatoms. The van der Waals surface area contributed by atoms with Crippen molar-refractivity contribution in [2.24, 2.45) is 0 Å². The predicted octanol–water partition coefficient (Wildman–Crippen LogP) is 3.10. The number of nitrogens with zero attached hydrogens (tertiary/aromatic N) is 6. The molecule has 11 nitrogen and oxygen atoms in total. The molecule has 3 rings (SSSR count). The van der Waals surface area contributed by atoms with Crippen molar-refractivity contribution in [2.75, 3.05) is 45.3 Å². The van der Waals surface area contributed by atoms with Crippen molar-refractivity contribution in [3.05, 3.63) is 46.4 Å². The highest BCUT2D eigenvalue weighted by atomic mass is 32.2. The number of nitrogens with two attached hydrogens (primary N) is 1. The summed E-state index contributed by atoms with van der Waals surface area (Å²) in [5, 5.41) is 0.449. The van der Waals surface area contributed by atoms with E-state index in [9.17, 15) is 14.4 Å². The molecule has 2 N–H and O–H groups in total. The Bertz CT molecular complexity index is 1260. The van der Waals surface area contributed by atoms with E-state index in [1.807, 2.05) is 44.2 Å². The van der Waals surface area contributed by atoms with E-state index in [-0.39, 0.29) is 31.0 Å². The second-order valence-electron chi connectivity index (χ2n) is 8.34. The maximum absolute atomic E-state index is 13.5. The zero-order valence-electron chi connectivity index (χ0n) is 21.1. The van der Waals surface area contributed by atoms with Gasteiger partial charge < -0.3 is 20.3 Å². The van der Waals surface area contributed by atoms with E-state index in [2.05, 4.69) is 9.97 Å². The van der Waals surface area contributed by atoms with Crippen molar-refractivity contribution < 1.29 is 14.3 Å². The van der Waals surface area contributed by atoms with Crippen LogP contribution in [-0.2, 0) is 11.3 Å². The minimum atomic E-state index is -0.612. The maximum atomic E-state index is 13.5. The number of carbonyl (C=O) groups is 2. The van der Waals surface area contributed by atoms with Crippen LogP contribution in [0.4, 0.5) is 15.4 Å². The molecule has 0 aliphatic heterocycles. The number of ether oxygens (including phenoxy) is 1. The monoisotopic (exact) mass is 515 g/mol. The van der Waals surface area contributed by atoms with Crippen molar-refractivity contribution in [1.29, 1.82) is 0 Å². The van der Waals surface area contributed by atoms with Crippen molar-refractivity contribution in [2.45, 2.75) is 38.4 Å². The van der Waals surface area contributed by atoms with Gasteiger partial charge in [-0.1, -0.05) is 55.9 Å². The average molecular weight is 516 g/mol.